The molecule has 36 heavy (non-hydrogen) atoms. The number of aromatic nitrogens is 1. The quantitative estimate of drug-likeness (QED) is 0.293. The van der Waals surface area contributed by atoms with Crippen molar-refractivity contribution < 1.29 is 18.0 Å². The fraction of sp³-hybridized carbons (Fsp3) is 0.407. The van der Waals surface area contributed by atoms with E-state index in [9.17, 15) is 18.0 Å². The van der Waals surface area contributed by atoms with Gasteiger partial charge in [-0.25, -0.2) is 0 Å². The van der Waals surface area contributed by atoms with Crippen LogP contribution in [-0.2, 0) is 25.8 Å². The number of rotatable bonds is 9. The van der Waals surface area contributed by atoms with E-state index in [2.05, 4.69) is 36.0 Å². The number of carbonyl (C=O) groups is 1. The summed E-state index contributed by atoms with van der Waals surface area (Å²) in [4.78, 5) is 22.6. The molecule has 0 spiro atoms. The van der Waals surface area contributed by atoms with Crippen molar-refractivity contribution in [3.63, 3.8) is 0 Å². The van der Waals surface area contributed by atoms with Gasteiger partial charge in [0.15, 0.2) is 0 Å². The number of thiophene rings is 1. The molecule has 1 aliphatic heterocycles. The zero-order valence-electron chi connectivity index (χ0n) is 20.6. The monoisotopic (exact) mass is 533 g/mol. The maximum Gasteiger partial charge on any atom is 0.416 e. The highest BCUT2D eigenvalue weighted by atomic mass is 32.2. The molecule has 4 nitrogen and oxygen atoms in total. The Kier molecular flexibility index (Phi) is 8.42. The molecule has 1 aromatic carbocycles. The third-order valence-electron chi connectivity index (χ3n) is 6.08. The van der Waals surface area contributed by atoms with Crippen LogP contribution in [0, 0.1) is 5.92 Å². The average molecular weight is 534 g/mol. The van der Waals surface area contributed by atoms with Gasteiger partial charge in [0.25, 0.3) is 5.91 Å². The van der Waals surface area contributed by atoms with Gasteiger partial charge in [-0.1, -0.05) is 32.9 Å². The molecule has 1 N–H and O–H groups in total. The van der Waals surface area contributed by atoms with E-state index >= 15 is 0 Å². The first-order valence-corrected chi connectivity index (χ1v) is 13.8. The lowest BCUT2D eigenvalue weighted by atomic mass is 10.0. The number of benzene rings is 1. The summed E-state index contributed by atoms with van der Waals surface area (Å²) in [5.74, 6) is 1.32. The Balaban J connectivity index is 1.42. The summed E-state index contributed by atoms with van der Waals surface area (Å²) in [6.45, 7) is 8.02. The Hall–Kier alpha value is -2.36. The summed E-state index contributed by atoms with van der Waals surface area (Å²) >= 11 is 3.25. The fourth-order valence-corrected chi connectivity index (χ4v) is 6.25. The molecule has 0 saturated carbocycles. The molecule has 4 rings (SSSR count). The molecule has 1 unspecified atom stereocenters. The van der Waals surface area contributed by atoms with Crippen LogP contribution in [0.5, 0.6) is 0 Å². The molecule has 0 saturated heterocycles. The first-order chi connectivity index (χ1) is 17.1. The van der Waals surface area contributed by atoms with Crippen molar-refractivity contribution in [2.75, 3.05) is 5.75 Å². The highest BCUT2D eigenvalue weighted by Crippen LogP contribution is 2.43. The Bertz CT molecular complexity index is 1170. The molecule has 3 heterocycles. The predicted molar refractivity (Wildman–Crippen MR) is 139 cm³/mol. The van der Waals surface area contributed by atoms with Gasteiger partial charge in [0.1, 0.15) is 0 Å². The fourth-order valence-electron chi connectivity index (χ4n) is 4.38. The smallest absolute Gasteiger partial charge is 0.346 e. The first kappa shape index (κ1) is 26.7. The summed E-state index contributed by atoms with van der Waals surface area (Å²) in [7, 11) is 0. The third kappa shape index (κ3) is 6.49. The van der Waals surface area contributed by atoms with E-state index in [0.29, 0.717) is 30.4 Å². The number of amides is 1. The summed E-state index contributed by atoms with van der Waals surface area (Å²) < 4.78 is 38.8. The van der Waals surface area contributed by atoms with Gasteiger partial charge < -0.3 is 5.32 Å². The predicted octanol–water partition coefficient (Wildman–Crippen LogP) is 7.31. The Morgan fingerprint density at radius 2 is 1.97 bits per heavy atom. The van der Waals surface area contributed by atoms with Crippen molar-refractivity contribution >= 4 is 29.0 Å². The lowest BCUT2D eigenvalue weighted by molar-refractivity contribution is -0.137. The second-order valence-electron chi connectivity index (χ2n) is 9.35. The number of nitrogens with one attached hydrogen (secondary N) is 1. The first-order valence-electron chi connectivity index (χ1n) is 12.0. The maximum absolute atomic E-state index is 12.9. The number of hydrogen-bond acceptors (Lipinski definition) is 5. The Morgan fingerprint density at radius 1 is 1.22 bits per heavy atom. The summed E-state index contributed by atoms with van der Waals surface area (Å²) in [6, 6.07) is 11.5. The number of thioether (sulfide) groups is 1. The topological polar surface area (TPSA) is 45.2 Å². The molecule has 1 atom stereocenters. The van der Waals surface area contributed by atoms with E-state index < -0.39 is 11.7 Å². The zero-order chi connectivity index (χ0) is 25.9. The van der Waals surface area contributed by atoms with Crippen molar-refractivity contribution in [1.82, 2.24) is 15.2 Å². The molecular weight excluding hydrogens is 503 g/mol. The molecule has 1 amide bonds. The van der Waals surface area contributed by atoms with Crippen LogP contribution in [0.2, 0.25) is 0 Å². The Morgan fingerprint density at radius 3 is 2.58 bits per heavy atom. The highest BCUT2D eigenvalue weighted by Gasteiger charge is 2.34. The number of fused-ring (bicyclic) bond motifs is 1. The molecule has 1 aliphatic rings. The summed E-state index contributed by atoms with van der Waals surface area (Å²) in [6.07, 6.45) is -1.58. The average Bonchev–Trinajstić information content (AvgIpc) is 3.37. The Labute approximate surface area is 218 Å². The van der Waals surface area contributed by atoms with Gasteiger partial charge in [-0.3, -0.25) is 14.7 Å². The standard InChI is InChI=1S/C27H30F3N3OS2/c1-4-35-22-10-9-21(31-14-22)13-32-26(34)24-12-19-16-33(23(11-17(2)3)25(19)36-24)15-18-5-7-20(8-6-18)27(28,29)30/h5-10,12,14,17,23H,4,11,13,15-16H2,1-3H3,(H,32,34). The molecule has 2 aromatic heterocycles. The number of alkyl halides is 3. The van der Waals surface area contributed by atoms with E-state index in [1.165, 1.54) is 16.2 Å². The molecule has 0 bridgehead atoms. The number of halogens is 3. The number of nitrogens with zero attached hydrogens (tertiary/aromatic N) is 2. The lowest BCUT2D eigenvalue weighted by Crippen LogP contribution is -2.24. The minimum absolute atomic E-state index is 0.110. The van der Waals surface area contributed by atoms with Gasteiger partial charge in [0.05, 0.1) is 22.7 Å². The molecule has 3 aromatic rings. The highest BCUT2D eigenvalue weighted by molar-refractivity contribution is 7.99. The largest absolute Gasteiger partial charge is 0.416 e. The molecule has 192 valence electrons. The molecular formula is C27H30F3N3OS2. The van der Waals surface area contributed by atoms with E-state index in [-0.39, 0.29) is 11.9 Å². The van der Waals surface area contributed by atoms with Crippen molar-refractivity contribution in [2.45, 2.75) is 63.9 Å². The second-order valence-corrected chi connectivity index (χ2v) is 11.8. The van der Waals surface area contributed by atoms with Crippen LogP contribution in [-0.4, -0.2) is 21.5 Å². The summed E-state index contributed by atoms with van der Waals surface area (Å²) in [5, 5.41) is 2.98. The van der Waals surface area contributed by atoms with Gasteiger partial charge in [-0.05, 0) is 59.6 Å². The van der Waals surface area contributed by atoms with Crippen LogP contribution in [0.25, 0.3) is 0 Å². The van der Waals surface area contributed by atoms with E-state index in [0.717, 1.165) is 46.0 Å². The van der Waals surface area contributed by atoms with Gasteiger partial charge in [-0.15, -0.1) is 23.1 Å². The normalized spacial score (nSPS) is 15.9. The van der Waals surface area contributed by atoms with Gasteiger partial charge >= 0.3 is 6.18 Å². The third-order valence-corrected chi connectivity index (χ3v) is 8.22. The van der Waals surface area contributed by atoms with Crippen molar-refractivity contribution in [3.8, 4) is 0 Å². The van der Waals surface area contributed by atoms with Crippen LogP contribution < -0.4 is 5.32 Å². The number of pyridine rings is 1. The van der Waals surface area contributed by atoms with Gasteiger partial charge in [0.2, 0.25) is 0 Å². The maximum atomic E-state index is 12.9. The van der Waals surface area contributed by atoms with E-state index in [1.807, 2.05) is 24.4 Å². The lowest BCUT2D eigenvalue weighted by Gasteiger charge is -2.26. The van der Waals surface area contributed by atoms with Crippen LogP contribution in [0.15, 0.2) is 53.6 Å². The minimum atomic E-state index is -4.33. The number of carbonyl (C=O) groups excluding carboxylic acids is 1. The molecule has 0 fully saturated rings. The molecule has 9 heteroatoms. The van der Waals surface area contributed by atoms with Crippen molar-refractivity contribution in [3.05, 3.63) is 80.8 Å². The van der Waals surface area contributed by atoms with Crippen LogP contribution in [0.4, 0.5) is 13.2 Å². The molecule has 0 radical (unpaired) electrons. The SMILES string of the molecule is CCSc1ccc(CNC(=O)c2cc3c(s2)C(CC(C)C)N(Cc2ccc(C(F)(F)F)cc2)C3)nc1. The zero-order valence-corrected chi connectivity index (χ0v) is 22.2. The van der Waals surface area contributed by atoms with Crippen molar-refractivity contribution in [1.29, 1.82) is 0 Å². The van der Waals surface area contributed by atoms with E-state index in [4.69, 9.17) is 0 Å². The van der Waals surface area contributed by atoms with Crippen LogP contribution in [0.1, 0.15) is 70.2 Å². The van der Waals surface area contributed by atoms with Gasteiger partial charge in [0, 0.05) is 35.1 Å². The van der Waals surface area contributed by atoms with Crippen LogP contribution in [0.3, 0.4) is 0 Å². The minimum Gasteiger partial charge on any atom is -0.346 e. The van der Waals surface area contributed by atoms with Crippen LogP contribution >= 0.6 is 23.1 Å². The second kappa shape index (κ2) is 11.4. The van der Waals surface area contributed by atoms with Crippen molar-refractivity contribution in [2.24, 2.45) is 5.92 Å². The summed E-state index contributed by atoms with van der Waals surface area (Å²) in [5.41, 5.74) is 2.16. The van der Waals surface area contributed by atoms with Gasteiger partial charge in [-0.2, -0.15) is 13.2 Å². The number of hydrogen-bond donors (Lipinski definition) is 1. The van der Waals surface area contributed by atoms with E-state index in [1.54, 1.807) is 23.9 Å². The molecule has 0 aliphatic carbocycles.